The lowest BCUT2D eigenvalue weighted by Crippen LogP contribution is -2.41. The average molecular weight is 314 g/mol. The molecule has 1 fully saturated rings. The molecule has 0 saturated heterocycles. The number of hydrogen-bond acceptors (Lipinski definition) is 2. The zero-order chi connectivity index (χ0) is 15.9. The molecule has 0 bridgehead atoms. The number of carbonyl (C=O) groups excluding carboxylic acids is 1. The first-order valence-corrected chi connectivity index (χ1v) is 9.43. The van der Waals surface area contributed by atoms with E-state index in [-0.39, 0.29) is 11.9 Å². The molecule has 1 aromatic carbocycles. The van der Waals surface area contributed by atoms with E-state index in [1.807, 2.05) is 0 Å². The van der Waals surface area contributed by atoms with Crippen LogP contribution in [0, 0.1) is 0 Å². The Morgan fingerprint density at radius 3 is 2.52 bits per heavy atom. The second-order valence-electron chi connectivity index (χ2n) is 7.13. The summed E-state index contributed by atoms with van der Waals surface area (Å²) in [5.41, 5.74) is 2.72. The molecule has 2 aliphatic carbocycles. The topological polar surface area (TPSA) is 41.1 Å². The van der Waals surface area contributed by atoms with Crippen LogP contribution in [0.4, 0.5) is 0 Å². The van der Waals surface area contributed by atoms with Crippen LogP contribution in [0.15, 0.2) is 24.3 Å². The molecule has 0 heterocycles. The van der Waals surface area contributed by atoms with Gasteiger partial charge in [-0.25, -0.2) is 0 Å². The van der Waals surface area contributed by atoms with E-state index in [4.69, 9.17) is 0 Å². The SMILES string of the molecule is O=C(CNC1CCCCCCC1)N[C@H]1CCCc2ccccc21. The molecule has 1 atom stereocenters. The summed E-state index contributed by atoms with van der Waals surface area (Å²) in [4.78, 5) is 12.3. The number of aryl methyl sites for hydroxylation is 1. The Kier molecular flexibility index (Phi) is 6.09. The minimum atomic E-state index is 0.147. The Hall–Kier alpha value is -1.35. The van der Waals surface area contributed by atoms with Gasteiger partial charge in [0, 0.05) is 6.04 Å². The van der Waals surface area contributed by atoms with Gasteiger partial charge in [0.15, 0.2) is 0 Å². The Morgan fingerprint density at radius 2 is 1.70 bits per heavy atom. The summed E-state index contributed by atoms with van der Waals surface area (Å²) in [5.74, 6) is 0.147. The lowest BCUT2D eigenvalue weighted by Gasteiger charge is -2.27. The van der Waals surface area contributed by atoms with Crippen molar-refractivity contribution in [1.29, 1.82) is 0 Å². The predicted molar refractivity (Wildman–Crippen MR) is 94.4 cm³/mol. The van der Waals surface area contributed by atoms with E-state index in [0.717, 1.165) is 19.3 Å². The molecular weight excluding hydrogens is 284 g/mol. The zero-order valence-corrected chi connectivity index (χ0v) is 14.2. The summed E-state index contributed by atoms with van der Waals surface area (Å²) >= 11 is 0. The highest BCUT2D eigenvalue weighted by atomic mass is 16.2. The van der Waals surface area contributed by atoms with Crippen molar-refractivity contribution in [3.63, 3.8) is 0 Å². The fourth-order valence-corrected chi connectivity index (χ4v) is 4.05. The van der Waals surface area contributed by atoms with Gasteiger partial charge in [0.05, 0.1) is 12.6 Å². The van der Waals surface area contributed by atoms with Crippen molar-refractivity contribution in [3.8, 4) is 0 Å². The van der Waals surface area contributed by atoms with Crippen LogP contribution >= 0.6 is 0 Å². The Bertz CT molecular complexity index is 506. The number of nitrogens with one attached hydrogen (secondary N) is 2. The molecule has 0 spiro atoms. The van der Waals surface area contributed by atoms with Gasteiger partial charge in [-0.2, -0.15) is 0 Å². The summed E-state index contributed by atoms with van der Waals surface area (Å²) in [5, 5.41) is 6.73. The van der Waals surface area contributed by atoms with Crippen molar-refractivity contribution >= 4 is 5.91 Å². The minimum absolute atomic E-state index is 0.147. The van der Waals surface area contributed by atoms with E-state index in [9.17, 15) is 4.79 Å². The number of fused-ring (bicyclic) bond motifs is 1. The summed E-state index contributed by atoms with van der Waals surface area (Å²) in [6.45, 7) is 0.462. The molecule has 3 nitrogen and oxygen atoms in total. The molecule has 1 saturated carbocycles. The zero-order valence-electron chi connectivity index (χ0n) is 14.2. The molecule has 2 N–H and O–H groups in total. The van der Waals surface area contributed by atoms with Crippen LogP contribution in [0.1, 0.15) is 75.0 Å². The molecule has 0 aliphatic heterocycles. The number of hydrogen-bond donors (Lipinski definition) is 2. The highest BCUT2D eigenvalue weighted by molar-refractivity contribution is 5.78. The van der Waals surface area contributed by atoms with E-state index in [1.165, 1.54) is 56.1 Å². The van der Waals surface area contributed by atoms with E-state index in [0.29, 0.717) is 12.6 Å². The first-order valence-electron chi connectivity index (χ1n) is 9.43. The van der Waals surface area contributed by atoms with Crippen LogP contribution in [-0.2, 0) is 11.2 Å². The van der Waals surface area contributed by atoms with Gasteiger partial charge in [0.25, 0.3) is 0 Å². The first-order chi connectivity index (χ1) is 11.3. The highest BCUT2D eigenvalue weighted by Crippen LogP contribution is 2.29. The molecule has 3 rings (SSSR count). The molecule has 0 unspecified atom stereocenters. The average Bonchev–Trinajstić information content (AvgIpc) is 2.54. The van der Waals surface area contributed by atoms with Crippen LogP contribution in [0.5, 0.6) is 0 Å². The van der Waals surface area contributed by atoms with Gasteiger partial charge in [-0.05, 0) is 43.2 Å². The summed E-state index contributed by atoms with van der Waals surface area (Å²) in [6.07, 6.45) is 12.5. The first kappa shape index (κ1) is 16.5. The third-order valence-corrected chi connectivity index (χ3v) is 5.36. The van der Waals surface area contributed by atoms with Gasteiger partial charge < -0.3 is 10.6 Å². The minimum Gasteiger partial charge on any atom is -0.348 e. The van der Waals surface area contributed by atoms with Crippen molar-refractivity contribution in [3.05, 3.63) is 35.4 Å². The molecule has 3 heteroatoms. The molecular formula is C20H30N2O. The Labute approximate surface area is 140 Å². The maximum absolute atomic E-state index is 12.3. The second kappa shape index (κ2) is 8.49. The van der Waals surface area contributed by atoms with E-state index >= 15 is 0 Å². The molecule has 1 aromatic rings. The van der Waals surface area contributed by atoms with Crippen LogP contribution < -0.4 is 10.6 Å². The molecule has 2 aliphatic rings. The third kappa shape index (κ3) is 4.81. The van der Waals surface area contributed by atoms with E-state index in [2.05, 4.69) is 34.9 Å². The Morgan fingerprint density at radius 1 is 0.957 bits per heavy atom. The van der Waals surface area contributed by atoms with Crippen molar-refractivity contribution < 1.29 is 4.79 Å². The molecule has 126 valence electrons. The quantitative estimate of drug-likeness (QED) is 0.885. The van der Waals surface area contributed by atoms with Crippen LogP contribution in [-0.4, -0.2) is 18.5 Å². The van der Waals surface area contributed by atoms with E-state index < -0.39 is 0 Å². The predicted octanol–water partition coefficient (Wildman–Crippen LogP) is 3.88. The Balaban J connectivity index is 1.48. The second-order valence-corrected chi connectivity index (χ2v) is 7.13. The molecule has 1 amide bonds. The maximum atomic E-state index is 12.3. The van der Waals surface area contributed by atoms with Gasteiger partial charge in [0.1, 0.15) is 0 Å². The standard InChI is InChI=1S/C20H30N2O/c23-20(15-21-17-11-4-2-1-3-5-12-17)22-19-14-8-10-16-9-6-7-13-18(16)19/h6-7,9,13,17,19,21H,1-5,8,10-12,14-15H2,(H,22,23)/t19-/m0/s1. The summed E-state index contributed by atoms with van der Waals surface area (Å²) in [7, 11) is 0. The van der Waals surface area contributed by atoms with Crippen molar-refractivity contribution in [1.82, 2.24) is 10.6 Å². The number of benzene rings is 1. The smallest absolute Gasteiger partial charge is 0.234 e. The van der Waals surface area contributed by atoms with Gasteiger partial charge in [0.2, 0.25) is 5.91 Å². The van der Waals surface area contributed by atoms with Crippen molar-refractivity contribution in [2.45, 2.75) is 76.3 Å². The number of carbonyl (C=O) groups is 1. The van der Waals surface area contributed by atoms with Gasteiger partial charge in [-0.1, -0.05) is 56.4 Å². The lowest BCUT2D eigenvalue weighted by atomic mass is 9.88. The van der Waals surface area contributed by atoms with Crippen LogP contribution in [0.25, 0.3) is 0 Å². The van der Waals surface area contributed by atoms with Crippen molar-refractivity contribution in [2.24, 2.45) is 0 Å². The molecule has 0 radical (unpaired) electrons. The number of amides is 1. The van der Waals surface area contributed by atoms with Crippen molar-refractivity contribution in [2.75, 3.05) is 6.54 Å². The molecule has 23 heavy (non-hydrogen) atoms. The lowest BCUT2D eigenvalue weighted by molar-refractivity contribution is -0.121. The van der Waals surface area contributed by atoms with E-state index in [1.54, 1.807) is 0 Å². The van der Waals surface area contributed by atoms with Gasteiger partial charge in [-0.15, -0.1) is 0 Å². The summed E-state index contributed by atoms with van der Waals surface area (Å²) < 4.78 is 0. The summed E-state index contributed by atoms with van der Waals surface area (Å²) in [6, 6.07) is 9.27. The van der Waals surface area contributed by atoms with Gasteiger partial charge >= 0.3 is 0 Å². The normalized spacial score (nSPS) is 22.7. The van der Waals surface area contributed by atoms with Crippen LogP contribution in [0.3, 0.4) is 0 Å². The number of rotatable bonds is 4. The third-order valence-electron chi connectivity index (χ3n) is 5.36. The fraction of sp³-hybridized carbons (Fsp3) is 0.650. The van der Waals surface area contributed by atoms with Crippen LogP contribution in [0.2, 0.25) is 0 Å². The monoisotopic (exact) mass is 314 g/mol. The van der Waals surface area contributed by atoms with Gasteiger partial charge in [-0.3, -0.25) is 4.79 Å². The fourth-order valence-electron chi connectivity index (χ4n) is 4.05. The highest BCUT2D eigenvalue weighted by Gasteiger charge is 2.21. The largest absolute Gasteiger partial charge is 0.348 e. The maximum Gasteiger partial charge on any atom is 0.234 e. The molecule has 0 aromatic heterocycles.